The summed E-state index contributed by atoms with van der Waals surface area (Å²) in [6, 6.07) is 9.65. The highest BCUT2D eigenvalue weighted by molar-refractivity contribution is 9.10. The normalized spacial score (nSPS) is 12.7. The Bertz CT molecular complexity index is 456. The molecule has 0 saturated carbocycles. The molecular formula is C11H9BrClNS. The van der Waals surface area contributed by atoms with E-state index in [1.54, 1.807) is 11.3 Å². The summed E-state index contributed by atoms with van der Waals surface area (Å²) in [5.41, 5.74) is 7.08. The number of halogens is 2. The highest BCUT2D eigenvalue weighted by Gasteiger charge is 2.13. The quantitative estimate of drug-likeness (QED) is 0.883. The maximum absolute atomic E-state index is 6.14. The van der Waals surface area contributed by atoms with E-state index in [9.17, 15) is 0 Å². The summed E-state index contributed by atoms with van der Waals surface area (Å²) < 4.78 is 0.967. The summed E-state index contributed by atoms with van der Waals surface area (Å²) in [5, 5.41) is 2.72. The number of hydrogen-bond donors (Lipinski definition) is 1. The average Bonchev–Trinajstić information content (AvgIpc) is 2.69. The van der Waals surface area contributed by atoms with Crippen molar-refractivity contribution in [2.75, 3.05) is 0 Å². The van der Waals surface area contributed by atoms with Gasteiger partial charge in [0.25, 0.3) is 0 Å². The molecule has 1 heterocycles. The minimum Gasteiger partial charge on any atom is -0.320 e. The van der Waals surface area contributed by atoms with Crippen molar-refractivity contribution in [2.24, 2.45) is 5.73 Å². The van der Waals surface area contributed by atoms with Gasteiger partial charge in [-0.1, -0.05) is 39.7 Å². The topological polar surface area (TPSA) is 26.0 Å². The number of hydrogen-bond acceptors (Lipinski definition) is 2. The van der Waals surface area contributed by atoms with Crippen LogP contribution in [0, 0.1) is 0 Å². The third kappa shape index (κ3) is 2.42. The molecular weight excluding hydrogens is 294 g/mol. The Labute approximate surface area is 106 Å². The van der Waals surface area contributed by atoms with Gasteiger partial charge in [-0.15, -0.1) is 11.3 Å². The minimum atomic E-state index is -0.134. The van der Waals surface area contributed by atoms with Crippen LogP contribution < -0.4 is 5.73 Å². The minimum absolute atomic E-state index is 0.134. The zero-order chi connectivity index (χ0) is 10.8. The Morgan fingerprint density at radius 1 is 1.33 bits per heavy atom. The molecule has 1 unspecified atom stereocenters. The largest absolute Gasteiger partial charge is 0.320 e. The maximum Gasteiger partial charge on any atom is 0.0660 e. The Morgan fingerprint density at radius 2 is 2.13 bits per heavy atom. The lowest BCUT2D eigenvalue weighted by atomic mass is 10.1. The van der Waals surface area contributed by atoms with Gasteiger partial charge in [-0.05, 0) is 29.1 Å². The van der Waals surface area contributed by atoms with Crippen LogP contribution in [0.15, 0.2) is 40.2 Å². The number of nitrogens with two attached hydrogens (primary N) is 1. The summed E-state index contributed by atoms with van der Waals surface area (Å²) in [6.45, 7) is 0. The second-order valence-electron chi connectivity index (χ2n) is 3.16. The van der Waals surface area contributed by atoms with E-state index in [2.05, 4.69) is 15.9 Å². The molecule has 78 valence electrons. The van der Waals surface area contributed by atoms with E-state index in [0.29, 0.717) is 5.02 Å². The zero-order valence-electron chi connectivity index (χ0n) is 7.78. The predicted octanol–water partition coefficient (Wildman–Crippen LogP) is 4.21. The van der Waals surface area contributed by atoms with Gasteiger partial charge in [-0.25, -0.2) is 0 Å². The molecule has 0 aliphatic heterocycles. The Balaban J connectivity index is 2.38. The van der Waals surface area contributed by atoms with Gasteiger partial charge in [0.2, 0.25) is 0 Å². The molecule has 0 fully saturated rings. The van der Waals surface area contributed by atoms with Gasteiger partial charge in [-0.3, -0.25) is 0 Å². The lowest BCUT2D eigenvalue weighted by Crippen LogP contribution is -2.10. The van der Waals surface area contributed by atoms with Crippen LogP contribution in [-0.4, -0.2) is 0 Å². The van der Waals surface area contributed by atoms with Crippen LogP contribution in [0.5, 0.6) is 0 Å². The van der Waals surface area contributed by atoms with Gasteiger partial charge in [0.05, 0.1) is 6.04 Å². The molecule has 15 heavy (non-hydrogen) atoms. The van der Waals surface area contributed by atoms with Gasteiger partial charge < -0.3 is 5.73 Å². The fraction of sp³-hybridized carbons (Fsp3) is 0.0909. The van der Waals surface area contributed by atoms with E-state index >= 15 is 0 Å². The highest BCUT2D eigenvalue weighted by atomic mass is 79.9. The van der Waals surface area contributed by atoms with Crippen molar-refractivity contribution in [3.05, 3.63) is 55.6 Å². The molecule has 1 aromatic carbocycles. The van der Waals surface area contributed by atoms with Crippen LogP contribution >= 0.6 is 38.9 Å². The number of benzene rings is 1. The van der Waals surface area contributed by atoms with Crippen molar-refractivity contribution in [1.29, 1.82) is 0 Å². The van der Waals surface area contributed by atoms with Crippen LogP contribution in [0.4, 0.5) is 0 Å². The lowest BCUT2D eigenvalue weighted by Gasteiger charge is -2.12. The average molecular weight is 303 g/mol. The third-order valence-electron chi connectivity index (χ3n) is 2.15. The van der Waals surface area contributed by atoms with E-state index in [1.165, 1.54) is 0 Å². The molecule has 1 aromatic heterocycles. The molecule has 0 spiro atoms. The maximum atomic E-state index is 6.14. The summed E-state index contributed by atoms with van der Waals surface area (Å²) in [6.07, 6.45) is 0. The molecule has 2 rings (SSSR count). The van der Waals surface area contributed by atoms with Crippen molar-refractivity contribution >= 4 is 38.9 Å². The molecule has 0 radical (unpaired) electrons. The lowest BCUT2D eigenvalue weighted by molar-refractivity contribution is 0.893. The van der Waals surface area contributed by atoms with Crippen molar-refractivity contribution in [2.45, 2.75) is 6.04 Å². The van der Waals surface area contributed by atoms with Gasteiger partial charge in [0.15, 0.2) is 0 Å². The molecule has 1 atom stereocenters. The Kier molecular flexibility index (Phi) is 3.46. The second-order valence-corrected chi connectivity index (χ2v) is 5.46. The van der Waals surface area contributed by atoms with E-state index in [-0.39, 0.29) is 6.04 Å². The van der Waals surface area contributed by atoms with Crippen LogP contribution in [0.2, 0.25) is 5.02 Å². The first-order valence-electron chi connectivity index (χ1n) is 4.42. The van der Waals surface area contributed by atoms with Crippen molar-refractivity contribution < 1.29 is 0 Å². The van der Waals surface area contributed by atoms with E-state index < -0.39 is 0 Å². The fourth-order valence-electron chi connectivity index (χ4n) is 1.38. The van der Waals surface area contributed by atoms with E-state index in [4.69, 9.17) is 17.3 Å². The molecule has 4 heteroatoms. The third-order valence-corrected chi connectivity index (χ3v) is 3.92. The zero-order valence-corrected chi connectivity index (χ0v) is 10.9. The molecule has 0 aliphatic rings. The first-order chi connectivity index (χ1) is 7.18. The van der Waals surface area contributed by atoms with E-state index in [1.807, 2.05) is 35.7 Å². The van der Waals surface area contributed by atoms with Crippen molar-refractivity contribution in [3.8, 4) is 0 Å². The molecule has 0 amide bonds. The van der Waals surface area contributed by atoms with Gasteiger partial charge in [0, 0.05) is 14.4 Å². The summed E-state index contributed by atoms with van der Waals surface area (Å²) >= 11 is 11.2. The molecule has 2 N–H and O–H groups in total. The monoisotopic (exact) mass is 301 g/mol. The standard InChI is InChI=1S/C11H9BrClNS/c12-7-3-4-8(9(13)6-7)11(14)10-2-1-5-15-10/h1-6,11H,14H2. The molecule has 0 bridgehead atoms. The number of rotatable bonds is 2. The summed E-state index contributed by atoms with van der Waals surface area (Å²) in [5.74, 6) is 0. The SMILES string of the molecule is NC(c1cccs1)c1ccc(Br)cc1Cl. The summed E-state index contributed by atoms with van der Waals surface area (Å²) in [4.78, 5) is 1.12. The van der Waals surface area contributed by atoms with E-state index in [0.717, 1.165) is 14.9 Å². The van der Waals surface area contributed by atoms with Gasteiger partial charge in [0.1, 0.15) is 0 Å². The Morgan fingerprint density at radius 3 is 2.73 bits per heavy atom. The Hall–Kier alpha value is -0.350. The smallest absolute Gasteiger partial charge is 0.0660 e. The fourth-order valence-corrected chi connectivity index (χ4v) is 2.91. The predicted molar refractivity (Wildman–Crippen MR) is 69.5 cm³/mol. The van der Waals surface area contributed by atoms with Gasteiger partial charge >= 0.3 is 0 Å². The van der Waals surface area contributed by atoms with Crippen LogP contribution in [-0.2, 0) is 0 Å². The van der Waals surface area contributed by atoms with Crippen LogP contribution in [0.25, 0.3) is 0 Å². The van der Waals surface area contributed by atoms with Crippen LogP contribution in [0.1, 0.15) is 16.5 Å². The van der Waals surface area contributed by atoms with Crippen molar-refractivity contribution in [1.82, 2.24) is 0 Å². The first-order valence-corrected chi connectivity index (χ1v) is 6.47. The number of thiophene rings is 1. The summed E-state index contributed by atoms with van der Waals surface area (Å²) in [7, 11) is 0. The van der Waals surface area contributed by atoms with Crippen molar-refractivity contribution in [3.63, 3.8) is 0 Å². The van der Waals surface area contributed by atoms with Crippen LogP contribution in [0.3, 0.4) is 0 Å². The molecule has 0 aliphatic carbocycles. The first kappa shape index (κ1) is 11.1. The molecule has 1 nitrogen and oxygen atoms in total. The highest BCUT2D eigenvalue weighted by Crippen LogP contribution is 2.30. The second kappa shape index (κ2) is 4.66. The molecule has 2 aromatic rings. The van der Waals surface area contributed by atoms with Gasteiger partial charge in [-0.2, -0.15) is 0 Å². The molecule has 0 saturated heterocycles.